The van der Waals surface area contributed by atoms with Gasteiger partial charge in [-0.2, -0.15) is 5.10 Å². The molecule has 2 aromatic rings. The van der Waals surface area contributed by atoms with Gasteiger partial charge in [-0.3, -0.25) is 9.48 Å². The van der Waals surface area contributed by atoms with Crippen molar-refractivity contribution in [1.82, 2.24) is 15.1 Å². The quantitative estimate of drug-likeness (QED) is 0.642. The Balaban J connectivity index is 1.92. The van der Waals surface area contributed by atoms with Crippen molar-refractivity contribution in [2.45, 2.75) is 19.6 Å². The van der Waals surface area contributed by atoms with E-state index in [0.29, 0.717) is 26.4 Å². The summed E-state index contributed by atoms with van der Waals surface area (Å²) in [7, 11) is 3.57. The van der Waals surface area contributed by atoms with Crippen LogP contribution in [0, 0.1) is 0 Å². The molecular formula is C18H26N4O3. The average Bonchev–Trinajstić information content (AvgIpc) is 3.02. The lowest BCUT2D eigenvalue weighted by molar-refractivity contribution is -0.118. The van der Waals surface area contributed by atoms with E-state index in [4.69, 9.17) is 9.47 Å². The number of nitrogens with zero attached hydrogens (tertiary/aromatic N) is 2. The van der Waals surface area contributed by atoms with E-state index in [1.165, 1.54) is 0 Å². The molecule has 0 aliphatic heterocycles. The Labute approximate surface area is 148 Å². The molecule has 7 nitrogen and oxygen atoms in total. The summed E-state index contributed by atoms with van der Waals surface area (Å²) in [6, 6.07) is 7.17. The molecule has 7 heteroatoms. The zero-order chi connectivity index (χ0) is 18.1. The van der Waals surface area contributed by atoms with Gasteiger partial charge in [-0.15, -0.1) is 0 Å². The van der Waals surface area contributed by atoms with Crippen molar-refractivity contribution in [3.63, 3.8) is 0 Å². The maximum absolute atomic E-state index is 12.5. The number of carbonyl (C=O) groups is 1. The summed E-state index contributed by atoms with van der Waals surface area (Å²) in [4.78, 5) is 12.5. The molecule has 0 saturated carbocycles. The largest absolute Gasteiger partial charge is 0.379 e. The third-order valence-corrected chi connectivity index (χ3v) is 3.65. The molecule has 0 saturated heterocycles. The van der Waals surface area contributed by atoms with Crippen molar-refractivity contribution in [2.75, 3.05) is 32.2 Å². The molecule has 1 atom stereocenters. The Hall–Kier alpha value is -2.22. The number of hydrogen-bond acceptors (Lipinski definition) is 5. The van der Waals surface area contributed by atoms with Gasteiger partial charge in [0, 0.05) is 31.1 Å². The van der Waals surface area contributed by atoms with Gasteiger partial charge in [0.2, 0.25) is 5.91 Å². The van der Waals surface area contributed by atoms with Gasteiger partial charge in [0.1, 0.15) is 6.04 Å². The third-order valence-electron chi connectivity index (χ3n) is 3.65. The van der Waals surface area contributed by atoms with E-state index in [0.717, 1.165) is 16.8 Å². The molecule has 0 radical (unpaired) electrons. The molecule has 1 aromatic carbocycles. The van der Waals surface area contributed by atoms with Gasteiger partial charge in [-0.25, -0.2) is 0 Å². The minimum Gasteiger partial charge on any atom is -0.379 e. The highest BCUT2D eigenvalue weighted by atomic mass is 16.5. The first-order valence-corrected chi connectivity index (χ1v) is 8.35. The molecule has 2 N–H and O–H groups in total. The topological polar surface area (TPSA) is 77.4 Å². The number of aromatic nitrogens is 2. The maximum atomic E-state index is 12.5. The van der Waals surface area contributed by atoms with Crippen LogP contribution < -0.4 is 10.6 Å². The molecule has 25 heavy (non-hydrogen) atoms. The summed E-state index contributed by atoms with van der Waals surface area (Å²) in [6.45, 7) is 4.26. The Morgan fingerprint density at radius 1 is 1.32 bits per heavy atom. The maximum Gasteiger partial charge on any atom is 0.246 e. The Kier molecular flexibility index (Phi) is 7.59. The summed E-state index contributed by atoms with van der Waals surface area (Å²) in [5.41, 5.74) is 2.55. The molecule has 0 fully saturated rings. The van der Waals surface area contributed by atoms with E-state index < -0.39 is 6.04 Å². The third kappa shape index (κ3) is 5.97. The van der Waals surface area contributed by atoms with Gasteiger partial charge in [0.25, 0.3) is 0 Å². The molecule has 0 aliphatic carbocycles. The van der Waals surface area contributed by atoms with Crippen LogP contribution in [0.4, 0.5) is 5.69 Å². The second-order valence-electron chi connectivity index (χ2n) is 5.61. The summed E-state index contributed by atoms with van der Waals surface area (Å²) in [6.07, 6.45) is 3.51. The van der Waals surface area contributed by atoms with Crippen molar-refractivity contribution in [3.05, 3.63) is 47.8 Å². The minimum atomic E-state index is -0.459. The molecule has 1 unspecified atom stereocenters. The SMILES string of the molecule is CCOCCOCc1cccc(NC(=O)C(NC)c2cnn(C)c2)c1. The number of nitrogens with one attached hydrogen (secondary N) is 2. The van der Waals surface area contributed by atoms with E-state index >= 15 is 0 Å². The average molecular weight is 346 g/mol. The second kappa shape index (κ2) is 9.93. The standard InChI is InChI=1S/C18H26N4O3/c1-4-24-8-9-25-13-14-6-5-7-16(10-14)21-18(23)17(19-2)15-11-20-22(3)12-15/h5-7,10-12,17,19H,4,8-9,13H2,1-3H3,(H,21,23). The number of hydrogen-bond donors (Lipinski definition) is 2. The van der Waals surface area contributed by atoms with E-state index in [1.807, 2.05) is 44.4 Å². The fraction of sp³-hybridized carbons (Fsp3) is 0.444. The molecule has 0 aliphatic rings. The fourth-order valence-corrected chi connectivity index (χ4v) is 2.44. The lowest BCUT2D eigenvalue weighted by Crippen LogP contribution is -2.30. The van der Waals surface area contributed by atoms with Crippen molar-refractivity contribution >= 4 is 11.6 Å². The number of ether oxygens (including phenoxy) is 2. The van der Waals surface area contributed by atoms with Crippen LogP contribution in [-0.4, -0.2) is 42.6 Å². The highest BCUT2D eigenvalue weighted by Crippen LogP contribution is 2.16. The number of benzene rings is 1. The zero-order valence-electron chi connectivity index (χ0n) is 15.0. The fourth-order valence-electron chi connectivity index (χ4n) is 2.44. The van der Waals surface area contributed by atoms with Gasteiger partial charge >= 0.3 is 0 Å². The monoisotopic (exact) mass is 346 g/mol. The minimum absolute atomic E-state index is 0.134. The van der Waals surface area contributed by atoms with Crippen LogP contribution in [0.2, 0.25) is 0 Å². The van der Waals surface area contributed by atoms with Gasteiger partial charge in [0.05, 0.1) is 26.0 Å². The van der Waals surface area contributed by atoms with Gasteiger partial charge in [-0.05, 0) is 31.7 Å². The van der Waals surface area contributed by atoms with Crippen LogP contribution in [0.3, 0.4) is 0 Å². The summed E-state index contributed by atoms with van der Waals surface area (Å²) in [5, 5.41) is 10.1. The summed E-state index contributed by atoms with van der Waals surface area (Å²) in [5.74, 6) is -0.134. The first-order chi connectivity index (χ1) is 12.1. The zero-order valence-corrected chi connectivity index (χ0v) is 15.0. The highest BCUT2D eigenvalue weighted by Gasteiger charge is 2.20. The molecule has 1 aromatic heterocycles. The van der Waals surface area contributed by atoms with Crippen molar-refractivity contribution in [1.29, 1.82) is 0 Å². The van der Waals surface area contributed by atoms with E-state index in [9.17, 15) is 4.79 Å². The number of amides is 1. The molecule has 136 valence electrons. The van der Waals surface area contributed by atoms with Crippen LogP contribution in [0.1, 0.15) is 24.1 Å². The lowest BCUT2D eigenvalue weighted by atomic mass is 10.1. The van der Waals surface area contributed by atoms with Crippen molar-refractivity contribution < 1.29 is 14.3 Å². The Bertz CT molecular complexity index is 672. The van der Waals surface area contributed by atoms with Crippen LogP contribution in [-0.2, 0) is 27.9 Å². The van der Waals surface area contributed by atoms with E-state index in [-0.39, 0.29) is 5.91 Å². The van der Waals surface area contributed by atoms with E-state index in [1.54, 1.807) is 17.9 Å². The van der Waals surface area contributed by atoms with Crippen molar-refractivity contribution in [3.8, 4) is 0 Å². The number of likely N-dealkylation sites (N-methyl/N-ethyl adjacent to an activating group) is 1. The smallest absolute Gasteiger partial charge is 0.246 e. The molecule has 2 rings (SSSR count). The highest BCUT2D eigenvalue weighted by molar-refractivity contribution is 5.95. The first kappa shape index (κ1) is 19.1. The van der Waals surface area contributed by atoms with Crippen molar-refractivity contribution in [2.24, 2.45) is 7.05 Å². The Morgan fingerprint density at radius 3 is 2.80 bits per heavy atom. The van der Waals surface area contributed by atoms with Crippen LogP contribution >= 0.6 is 0 Å². The number of aryl methyl sites for hydroxylation is 1. The normalized spacial score (nSPS) is 12.1. The van der Waals surface area contributed by atoms with Gasteiger partial charge in [0.15, 0.2) is 0 Å². The van der Waals surface area contributed by atoms with Gasteiger partial charge in [-0.1, -0.05) is 12.1 Å². The number of anilines is 1. The van der Waals surface area contributed by atoms with Gasteiger partial charge < -0.3 is 20.1 Å². The van der Waals surface area contributed by atoms with Crippen LogP contribution in [0.15, 0.2) is 36.7 Å². The predicted molar refractivity (Wildman–Crippen MR) is 96.2 cm³/mol. The molecule has 0 spiro atoms. The van der Waals surface area contributed by atoms with Crippen LogP contribution in [0.25, 0.3) is 0 Å². The van der Waals surface area contributed by atoms with E-state index in [2.05, 4.69) is 15.7 Å². The summed E-state index contributed by atoms with van der Waals surface area (Å²) < 4.78 is 12.5. The number of carbonyl (C=O) groups excluding carboxylic acids is 1. The molecular weight excluding hydrogens is 320 g/mol. The van der Waals surface area contributed by atoms with Crippen LogP contribution in [0.5, 0.6) is 0 Å². The first-order valence-electron chi connectivity index (χ1n) is 8.35. The molecule has 0 bridgehead atoms. The Morgan fingerprint density at radius 2 is 2.12 bits per heavy atom. The number of rotatable bonds is 10. The lowest BCUT2D eigenvalue weighted by Gasteiger charge is -2.15. The second-order valence-corrected chi connectivity index (χ2v) is 5.61. The summed E-state index contributed by atoms with van der Waals surface area (Å²) >= 11 is 0. The predicted octanol–water partition coefficient (Wildman–Crippen LogP) is 1.87. The molecule has 1 amide bonds. The molecule has 1 heterocycles.